The van der Waals surface area contributed by atoms with E-state index in [4.69, 9.17) is 15.0 Å². The molecule has 1 aromatic heterocycles. The quantitative estimate of drug-likeness (QED) is 0.819. The molecular formula is C16H22N4O. The van der Waals surface area contributed by atoms with E-state index in [1.165, 1.54) is 0 Å². The van der Waals surface area contributed by atoms with Gasteiger partial charge in [-0.05, 0) is 40.1 Å². The highest BCUT2D eigenvalue weighted by molar-refractivity contribution is 5.77. The molecule has 5 heteroatoms. The summed E-state index contributed by atoms with van der Waals surface area (Å²) in [5.74, 6) is 1.76. The lowest BCUT2D eigenvalue weighted by Crippen LogP contribution is -2.17. The highest BCUT2D eigenvalue weighted by Gasteiger charge is 2.14. The van der Waals surface area contributed by atoms with Gasteiger partial charge in [-0.2, -0.15) is 5.26 Å². The highest BCUT2D eigenvalue weighted by atomic mass is 16.5. The third-order valence-corrected chi connectivity index (χ3v) is 3.24. The number of ether oxygens (including phenoxy) is 1. The van der Waals surface area contributed by atoms with Crippen molar-refractivity contribution in [2.45, 2.75) is 26.9 Å². The molecule has 0 amide bonds. The number of fused-ring (bicyclic) bond motifs is 1. The zero-order valence-electron chi connectivity index (χ0n) is 13.1. The SMILES string of the molecule is CCOc1ccc2c(c1)nc(CN(C)C)n2CC(C)C#N. The Morgan fingerprint density at radius 2 is 2.19 bits per heavy atom. The van der Waals surface area contributed by atoms with Crippen LogP contribution in [-0.4, -0.2) is 35.2 Å². The highest BCUT2D eigenvalue weighted by Crippen LogP contribution is 2.23. The van der Waals surface area contributed by atoms with Crippen molar-refractivity contribution >= 4 is 11.0 Å². The third kappa shape index (κ3) is 3.53. The van der Waals surface area contributed by atoms with Crippen molar-refractivity contribution in [2.24, 2.45) is 5.92 Å². The Morgan fingerprint density at radius 1 is 1.43 bits per heavy atom. The number of hydrogen-bond acceptors (Lipinski definition) is 4. The molecule has 0 aliphatic heterocycles. The largest absolute Gasteiger partial charge is 0.494 e. The maximum Gasteiger partial charge on any atom is 0.124 e. The minimum Gasteiger partial charge on any atom is -0.494 e. The third-order valence-electron chi connectivity index (χ3n) is 3.24. The van der Waals surface area contributed by atoms with Gasteiger partial charge in [0.25, 0.3) is 0 Å². The molecular weight excluding hydrogens is 264 g/mol. The fourth-order valence-electron chi connectivity index (χ4n) is 2.34. The summed E-state index contributed by atoms with van der Waals surface area (Å²) in [6, 6.07) is 8.24. The van der Waals surface area contributed by atoms with Crippen LogP contribution in [0.2, 0.25) is 0 Å². The summed E-state index contributed by atoms with van der Waals surface area (Å²) < 4.78 is 7.67. The van der Waals surface area contributed by atoms with Crippen LogP contribution in [0.4, 0.5) is 0 Å². The van der Waals surface area contributed by atoms with E-state index in [1.807, 2.05) is 46.1 Å². The second kappa shape index (κ2) is 6.59. The van der Waals surface area contributed by atoms with Crippen molar-refractivity contribution in [3.8, 4) is 11.8 Å². The van der Waals surface area contributed by atoms with Crippen LogP contribution in [0.5, 0.6) is 5.75 Å². The minimum atomic E-state index is -0.0464. The van der Waals surface area contributed by atoms with Crippen molar-refractivity contribution in [3.05, 3.63) is 24.0 Å². The molecule has 0 spiro atoms. The minimum absolute atomic E-state index is 0.0464. The number of benzene rings is 1. The Kier molecular flexibility index (Phi) is 4.81. The molecule has 5 nitrogen and oxygen atoms in total. The number of aromatic nitrogens is 2. The van der Waals surface area contributed by atoms with Gasteiger partial charge in [-0.15, -0.1) is 0 Å². The predicted octanol–water partition coefficient (Wildman–Crippen LogP) is 2.66. The number of hydrogen-bond donors (Lipinski definition) is 0. The van der Waals surface area contributed by atoms with Gasteiger partial charge in [0.15, 0.2) is 0 Å². The van der Waals surface area contributed by atoms with Crippen molar-refractivity contribution < 1.29 is 4.74 Å². The number of rotatable bonds is 6. The van der Waals surface area contributed by atoms with Gasteiger partial charge in [0.05, 0.1) is 36.2 Å². The Bertz CT molecular complexity index is 654. The van der Waals surface area contributed by atoms with Gasteiger partial charge in [0.2, 0.25) is 0 Å². The molecule has 0 aliphatic rings. The van der Waals surface area contributed by atoms with Crippen LogP contribution < -0.4 is 4.74 Å². The molecule has 1 aromatic carbocycles. The van der Waals surface area contributed by atoms with Crippen molar-refractivity contribution in [1.29, 1.82) is 5.26 Å². The lowest BCUT2D eigenvalue weighted by molar-refractivity contribution is 0.340. The van der Waals surface area contributed by atoms with Gasteiger partial charge in [0.1, 0.15) is 11.6 Å². The van der Waals surface area contributed by atoms with Crippen molar-refractivity contribution in [3.63, 3.8) is 0 Å². The summed E-state index contributed by atoms with van der Waals surface area (Å²) in [6.07, 6.45) is 0. The molecule has 0 saturated carbocycles. The number of nitriles is 1. The molecule has 0 fully saturated rings. The molecule has 2 aromatic rings. The smallest absolute Gasteiger partial charge is 0.124 e. The fraction of sp³-hybridized carbons (Fsp3) is 0.500. The van der Waals surface area contributed by atoms with Crippen LogP contribution in [0.25, 0.3) is 11.0 Å². The lowest BCUT2D eigenvalue weighted by atomic mass is 10.2. The molecule has 1 unspecified atom stereocenters. The molecule has 21 heavy (non-hydrogen) atoms. The standard InChI is InChI=1S/C16H22N4O/c1-5-21-13-6-7-15-14(8-13)18-16(11-19(3)4)20(15)10-12(2)9-17/h6-8,12H,5,10-11H2,1-4H3. The molecule has 0 saturated heterocycles. The monoisotopic (exact) mass is 286 g/mol. The zero-order chi connectivity index (χ0) is 15.4. The first kappa shape index (κ1) is 15.3. The maximum absolute atomic E-state index is 9.08. The first-order chi connectivity index (χ1) is 10.0. The average Bonchev–Trinajstić information content (AvgIpc) is 2.75. The molecule has 0 bridgehead atoms. The van der Waals surface area contributed by atoms with E-state index < -0.39 is 0 Å². The Hall–Kier alpha value is -2.06. The molecule has 112 valence electrons. The Labute approximate surface area is 125 Å². The van der Waals surface area contributed by atoms with Crippen LogP contribution in [0.1, 0.15) is 19.7 Å². The van der Waals surface area contributed by atoms with Crippen LogP contribution in [-0.2, 0) is 13.1 Å². The average molecular weight is 286 g/mol. The van der Waals surface area contributed by atoms with Crippen LogP contribution in [0.3, 0.4) is 0 Å². The Morgan fingerprint density at radius 3 is 2.81 bits per heavy atom. The summed E-state index contributed by atoms with van der Waals surface area (Å²) in [5, 5.41) is 9.08. The number of nitrogens with zero attached hydrogens (tertiary/aromatic N) is 4. The fourth-order valence-corrected chi connectivity index (χ4v) is 2.34. The molecule has 0 aliphatic carbocycles. The summed E-state index contributed by atoms with van der Waals surface area (Å²) in [4.78, 5) is 6.80. The maximum atomic E-state index is 9.08. The van der Waals surface area contributed by atoms with Crippen molar-refractivity contribution in [1.82, 2.24) is 14.5 Å². The first-order valence-electron chi connectivity index (χ1n) is 7.21. The predicted molar refractivity (Wildman–Crippen MR) is 83.1 cm³/mol. The summed E-state index contributed by atoms with van der Waals surface area (Å²) in [7, 11) is 4.03. The van der Waals surface area contributed by atoms with E-state index >= 15 is 0 Å². The van der Waals surface area contributed by atoms with Gasteiger partial charge in [-0.1, -0.05) is 0 Å². The first-order valence-corrected chi connectivity index (χ1v) is 7.21. The lowest BCUT2D eigenvalue weighted by Gasteiger charge is -2.13. The summed E-state index contributed by atoms with van der Waals surface area (Å²) in [6.45, 7) is 5.94. The van der Waals surface area contributed by atoms with Gasteiger partial charge in [-0.25, -0.2) is 4.98 Å². The van der Waals surface area contributed by atoms with Crippen LogP contribution in [0, 0.1) is 17.2 Å². The second-order valence-corrected chi connectivity index (χ2v) is 5.49. The van der Waals surface area contributed by atoms with Gasteiger partial charge >= 0.3 is 0 Å². The summed E-state index contributed by atoms with van der Waals surface area (Å²) in [5.41, 5.74) is 1.97. The van der Waals surface area contributed by atoms with Crippen LogP contribution >= 0.6 is 0 Å². The van der Waals surface area contributed by atoms with Crippen molar-refractivity contribution in [2.75, 3.05) is 20.7 Å². The van der Waals surface area contributed by atoms with Gasteiger partial charge < -0.3 is 14.2 Å². The molecule has 2 rings (SSSR count). The zero-order valence-corrected chi connectivity index (χ0v) is 13.1. The van der Waals surface area contributed by atoms with E-state index in [9.17, 15) is 0 Å². The van der Waals surface area contributed by atoms with E-state index in [2.05, 4.69) is 15.5 Å². The van der Waals surface area contributed by atoms with E-state index in [0.717, 1.165) is 29.2 Å². The molecule has 1 heterocycles. The van der Waals surface area contributed by atoms with Gasteiger partial charge in [0, 0.05) is 12.6 Å². The van der Waals surface area contributed by atoms with E-state index in [0.29, 0.717) is 13.2 Å². The Balaban J connectivity index is 2.47. The summed E-state index contributed by atoms with van der Waals surface area (Å²) >= 11 is 0. The molecule has 0 radical (unpaired) electrons. The molecule has 0 N–H and O–H groups in total. The topological polar surface area (TPSA) is 54.1 Å². The van der Waals surface area contributed by atoms with E-state index in [1.54, 1.807) is 0 Å². The van der Waals surface area contributed by atoms with E-state index in [-0.39, 0.29) is 5.92 Å². The molecule has 1 atom stereocenters. The van der Waals surface area contributed by atoms with Crippen LogP contribution in [0.15, 0.2) is 18.2 Å². The number of imidazole rings is 1. The van der Waals surface area contributed by atoms with Gasteiger partial charge in [-0.3, -0.25) is 0 Å². The second-order valence-electron chi connectivity index (χ2n) is 5.49. The normalized spacial score (nSPS) is 12.6.